The first kappa shape index (κ1) is 25.0. The van der Waals surface area contributed by atoms with E-state index in [9.17, 15) is 14.4 Å². The Bertz CT molecular complexity index is 757. The molecule has 184 valence electrons. The van der Waals surface area contributed by atoms with E-state index in [0.717, 1.165) is 54.8 Å². The lowest BCUT2D eigenvalue weighted by molar-refractivity contribution is -0.0570. The van der Waals surface area contributed by atoms with Gasteiger partial charge in [0, 0.05) is 0 Å². The second-order valence-electron chi connectivity index (χ2n) is 12.8. The Morgan fingerprint density at radius 3 is 2.50 bits per heavy atom. The molecule has 4 aliphatic carbocycles. The Hall–Kier alpha value is -0.150. The van der Waals surface area contributed by atoms with Crippen molar-refractivity contribution >= 4 is 7.82 Å². The van der Waals surface area contributed by atoms with Gasteiger partial charge in [-0.2, -0.15) is 0 Å². The van der Waals surface area contributed by atoms with Gasteiger partial charge in [0.25, 0.3) is 0 Å². The van der Waals surface area contributed by atoms with Crippen LogP contribution in [0.25, 0.3) is 0 Å². The van der Waals surface area contributed by atoms with Crippen LogP contribution in [0.3, 0.4) is 0 Å². The van der Waals surface area contributed by atoms with Gasteiger partial charge in [-0.3, -0.25) is 4.52 Å². The van der Waals surface area contributed by atoms with Crippen LogP contribution >= 0.6 is 7.82 Å². The SMILES string of the molecule is CC(C)CCCC(C)[C@H]1CC[C@H]2[C@@H]3CC=C4C[C@@H](OP(=O)(O)O)CC[C@]4(C)[C@H]3CC[C@]12C. The summed E-state index contributed by atoms with van der Waals surface area (Å²) in [6.07, 6.45) is 15.4. The fourth-order valence-electron chi connectivity index (χ4n) is 8.94. The summed E-state index contributed by atoms with van der Waals surface area (Å²) in [4.78, 5) is 18.5. The third-order valence-corrected chi connectivity index (χ3v) is 11.1. The van der Waals surface area contributed by atoms with E-state index in [1.807, 2.05) is 0 Å². The van der Waals surface area contributed by atoms with Gasteiger partial charge in [0.2, 0.25) is 0 Å². The maximum absolute atomic E-state index is 11.4. The number of phosphoric acid groups is 1. The van der Waals surface area contributed by atoms with Crippen LogP contribution in [-0.2, 0) is 9.09 Å². The van der Waals surface area contributed by atoms with Gasteiger partial charge in [0.1, 0.15) is 0 Å². The van der Waals surface area contributed by atoms with E-state index in [1.165, 1.54) is 50.5 Å². The lowest BCUT2D eigenvalue weighted by Crippen LogP contribution is -2.50. The Labute approximate surface area is 196 Å². The van der Waals surface area contributed by atoms with E-state index in [2.05, 4.69) is 40.7 Å². The van der Waals surface area contributed by atoms with Crippen LogP contribution in [0, 0.1) is 46.3 Å². The summed E-state index contributed by atoms with van der Waals surface area (Å²) >= 11 is 0. The summed E-state index contributed by atoms with van der Waals surface area (Å²) in [7, 11) is -4.41. The standard InChI is InChI=1S/C27H47O4P/c1-18(2)7-6-8-19(3)23-11-12-24-22-10-9-20-17-21(31-32(28,29)30)13-15-26(20,4)25(22)14-16-27(23,24)5/h9,18-19,21-25H,6-8,10-17H2,1-5H3,(H2,28,29,30)/t19?,21-,22-,23+,24-,25-,26-,27+/m0/s1. The molecule has 0 aliphatic heterocycles. The molecule has 32 heavy (non-hydrogen) atoms. The molecule has 0 aromatic rings. The monoisotopic (exact) mass is 466 g/mol. The van der Waals surface area contributed by atoms with E-state index in [4.69, 9.17) is 4.52 Å². The molecule has 0 radical (unpaired) electrons. The maximum Gasteiger partial charge on any atom is 0.469 e. The predicted octanol–water partition coefficient (Wildman–Crippen LogP) is 7.51. The molecule has 0 aromatic heterocycles. The molecule has 4 aliphatic rings. The van der Waals surface area contributed by atoms with Crippen LogP contribution in [0.4, 0.5) is 0 Å². The predicted molar refractivity (Wildman–Crippen MR) is 130 cm³/mol. The third kappa shape index (κ3) is 4.68. The highest BCUT2D eigenvalue weighted by Gasteiger charge is 2.59. The average molecular weight is 467 g/mol. The van der Waals surface area contributed by atoms with E-state index in [-0.39, 0.29) is 11.5 Å². The minimum Gasteiger partial charge on any atom is -0.303 e. The minimum atomic E-state index is -4.41. The van der Waals surface area contributed by atoms with Crippen molar-refractivity contribution in [1.82, 2.24) is 0 Å². The first-order valence-electron chi connectivity index (χ1n) is 13.4. The number of fused-ring (bicyclic) bond motifs is 5. The Morgan fingerprint density at radius 2 is 1.81 bits per heavy atom. The number of rotatable bonds is 7. The van der Waals surface area contributed by atoms with Gasteiger partial charge in [-0.25, -0.2) is 4.57 Å². The average Bonchev–Trinajstić information content (AvgIpc) is 3.04. The fourth-order valence-corrected chi connectivity index (χ4v) is 9.50. The normalized spacial score (nSPS) is 42.8. The zero-order chi connectivity index (χ0) is 23.3. The first-order chi connectivity index (χ1) is 14.9. The van der Waals surface area contributed by atoms with E-state index >= 15 is 0 Å². The second-order valence-corrected chi connectivity index (χ2v) is 13.9. The molecule has 0 spiro atoms. The molecule has 0 amide bonds. The van der Waals surface area contributed by atoms with Crippen molar-refractivity contribution in [2.24, 2.45) is 46.3 Å². The van der Waals surface area contributed by atoms with Crippen molar-refractivity contribution in [1.29, 1.82) is 0 Å². The van der Waals surface area contributed by atoms with Gasteiger partial charge in [0.15, 0.2) is 0 Å². The molecule has 2 N–H and O–H groups in total. The van der Waals surface area contributed by atoms with Crippen molar-refractivity contribution in [2.45, 2.75) is 111 Å². The summed E-state index contributed by atoms with van der Waals surface area (Å²) in [5.74, 6) is 4.89. The molecule has 3 fully saturated rings. The molecule has 8 atom stereocenters. The summed E-state index contributed by atoms with van der Waals surface area (Å²) in [6.45, 7) is 12.3. The van der Waals surface area contributed by atoms with Crippen molar-refractivity contribution in [3.8, 4) is 0 Å². The van der Waals surface area contributed by atoms with Crippen molar-refractivity contribution in [3.63, 3.8) is 0 Å². The third-order valence-electron chi connectivity index (χ3n) is 10.5. The first-order valence-corrected chi connectivity index (χ1v) is 14.9. The van der Waals surface area contributed by atoms with Crippen molar-refractivity contribution in [2.75, 3.05) is 0 Å². The smallest absolute Gasteiger partial charge is 0.303 e. The molecular formula is C27H47O4P. The molecule has 5 heteroatoms. The molecule has 0 heterocycles. The molecule has 4 rings (SSSR count). The Kier molecular flexibility index (Phi) is 7.13. The number of allylic oxidation sites excluding steroid dienone is 1. The summed E-state index contributed by atoms with van der Waals surface area (Å²) < 4.78 is 16.5. The van der Waals surface area contributed by atoms with Gasteiger partial charge in [-0.15, -0.1) is 0 Å². The molecular weight excluding hydrogens is 419 g/mol. The van der Waals surface area contributed by atoms with E-state index < -0.39 is 7.82 Å². The fraction of sp³-hybridized carbons (Fsp3) is 0.926. The summed E-state index contributed by atoms with van der Waals surface area (Å²) in [6, 6.07) is 0. The van der Waals surface area contributed by atoms with Gasteiger partial charge in [-0.05, 0) is 97.7 Å². The highest BCUT2D eigenvalue weighted by molar-refractivity contribution is 7.46. The lowest BCUT2D eigenvalue weighted by Gasteiger charge is -2.58. The van der Waals surface area contributed by atoms with Crippen LogP contribution < -0.4 is 0 Å². The van der Waals surface area contributed by atoms with Crippen LogP contribution in [0.2, 0.25) is 0 Å². The quantitative estimate of drug-likeness (QED) is 0.301. The molecule has 0 saturated heterocycles. The summed E-state index contributed by atoms with van der Waals surface area (Å²) in [5, 5.41) is 0. The van der Waals surface area contributed by atoms with E-state index in [0.29, 0.717) is 11.8 Å². The number of hydrogen-bond acceptors (Lipinski definition) is 2. The summed E-state index contributed by atoms with van der Waals surface area (Å²) in [5.41, 5.74) is 2.12. The van der Waals surface area contributed by atoms with E-state index in [1.54, 1.807) is 0 Å². The van der Waals surface area contributed by atoms with Crippen LogP contribution in [0.1, 0.15) is 105 Å². The maximum atomic E-state index is 11.4. The largest absolute Gasteiger partial charge is 0.469 e. The van der Waals surface area contributed by atoms with Crippen LogP contribution in [-0.4, -0.2) is 15.9 Å². The minimum absolute atomic E-state index is 0.194. The van der Waals surface area contributed by atoms with Gasteiger partial charge in [-0.1, -0.05) is 65.5 Å². The van der Waals surface area contributed by atoms with Gasteiger partial charge in [0.05, 0.1) is 6.10 Å². The molecule has 1 unspecified atom stereocenters. The van der Waals surface area contributed by atoms with Crippen LogP contribution in [0.5, 0.6) is 0 Å². The lowest BCUT2D eigenvalue weighted by atomic mass is 9.47. The van der Waals surface area contributed by atoms with Crippen molar-refractivity contribution < 1.29 is 18.9 Å². The zero-order valence-electron chi connectivity index (χ0n) is 21.1. The molecule has 3 saturated carbocycles. The Morgan fingerprint density at radius 1 is 1.06 bits per heavy atom. The molecule has 4 nitrogen and oxygen atoms in total. The Balaban J connectivity index is 1.46. The highest BCUT2D eigenvalue weighted by Crippen LogP contribution is 2.67. The van der Waals surface area contributed by atoms with Crippen molar-refractivity contribution in [3.05, 3.63) is 11.6 Å². The number of hydrogen-bond donors (Lipinski definition) is 2. The topological polar surface area (TPSA) is 66.8 Å². The second kappa shape index (κ2) is 9.14. The zero-order valence-corrected chi connectivity index (χ0v) is 21.9. The van der Waals surface area contributed by atoms with Gasteiger partial charge >= 0.3 is 7.82 Å². The number of phosphoric ester groups is 1. The molecule has 0 aromatic carbocycles. The van der Waals surface area contributed by atoms with Crippen LogP contribution in [0.15, 0.2) is 11.6 Å². The highest BCUT2D eigenvalue weighted by atomic mass is 31.2. The van der Waals surface area contributed by atoms with Gasteiger partial charge < -0.3 is 9.79 Å². The molecule has 0 bridgehead atoms.